The Balaban J connectivity index is 1.72. The van der Waals surface area contributed by atoms with Crippen LogP contribution in [-0.2, 0) is 6.42 Å². The Hall–Kier alpha value is -2.46. The summed E-state index contributed by atoms with van der Waals surface area (Å²) in [5.41, 5.74) is 6.01. The molecule has 0 fully saturated rings. The van der Waals surface area contributed by atoms with Crippen LogP contribution in [0.25, 0.3) is 0 Å². The van der Waals surface area contributed by atoms with Gasteiger partial charge in [0.1, 0.15) is 0 Å². The number of hydrazone groups is 1. The third kappa shape index (κ3) is 3.22. The molecule has 1 aromatic heterocycles. The molecule has 0 N–H and O–H groups in total. The van der Waals surface area contributed by atoms with Gasteiger partial charge < -0.3 is 0 Å². The molecule has 0 saturated carbocycles. The summed E-state index contributed by atoms with van der Waals surface area (Å²) in [7, 11) is 0. The standard InChI is InChI=1S/C21H21N3S/c1-3-16-9-11-18(12-10-16)20-13-19(17-7-5-4-6-8-17)23-24(20)21-22-15(2)14-25-21/h4-12,14,20H,3,13H2,1-2H3/t20-/m1/s1. The minimum absolute atomic E-state index is 0.201. The summed E-state index contributed by atoms with van der Waals surface area (Å²) in [6.45, 7) is 4.22. The number of aromatic nitrogens is 1. The van der Waals surface area contributed by atoms with Crippen molar-refractivity contribution in [2.24, 2.45) is 5.10 Å². The largest absolute Gasteiger partial charge is 0.231 e. The van der Waals surface area contributed by atoms with Gasteiger partial charge in [0.15, 0.2) is 0 Å². The lowest BCUT2D eigenvalue weighted by Gasteiger charge is -2.21. The van der Waals surface area contributed by atoms with Crippen molar-refractivity contribution in [2.75, 3.05) is 5.01 Å². The van der Waals surface area contributed by atoms with Gasteiger partial charge in [0, 0.05) is 11.8 Å². The minimum Gasteiger partial charge on any atom is -0.231 e. The van der Waals surface area contributed by atoms with E-state index in [2.05, 4.69) is 70.8 Å². The summed E-state index contributed by atoms with van der Waals surface area (Å²) in [6, 6.07) is 19.6. The predicted octanol–water partition coefficient (Wildman–Crippen LogP) is 5.37. The van der Waals surface area contributed by atoms with Crippen LogP contribution < -0.4 is 5.01 Å². The van der Waals surface area contributed by atoms with Crippen molar-refractivity contribution in [3.05, 3.63) is 82.4 Å². The van der Waals surface area contributed by atoms with Gasteiger partial charge in [0.25, 0.3) is 0 Å². The van der Waals surface area contributed by atoms with Gasteiger partial charge in [0.05, 0.1) is 17.4 Å². The second-order valence-electron chi connectivity index (χ2n) is 6.34. The first kappa shape index (κ1) is 16.0. The highest BCUT2D eigenvalue weighted by Crippen LogP contribution is 2.38. The van der Waals surface area contributed by atoms with Crippen LogP contribution in [0.2, 0.25) is 0 Å². The van der Waals surface area contributed by atoms with Crippen LogP contribution in [0.15, 0.2) is 65.1 Å². The van der Waals surface area contributed by atoms with E-state index in [0.717, 1.165) is 29.4 Å². The van der Waals surface area contributed by atoms with Crippen molar-refractivity contribution >= 4 is 22.2 Å². The quantitative estimate of drug-likeness (QED) is 0.635. The fourth-order valence-corrected chi connectivity index (χ4v) is 3.98. The number of nitrogens with zero attached hydrogens (tertiary/aromatic N) is 3. The average Bonchev–Trinajstić information content (AvgIpc) is 3.29. The van der Waals surface area contributed by atoms with E-state index in [1.54, 1.807) is 11.3 Å². The monoisotopic (exact) mass is 347 g/mol. The maximum Gasteiger partial charge on any atom is 0.206 e. The Morgan fingerprint density at radius 3 is 2.48 bits per heavy atom. The van der Waals surface area contributed by atoms with Gasteiger partial charge >= 0.3 is 0 Å². The zero-order valence-corrected chi connectivity index (χ0v) is 15.3. The summed E-state index contributed by atoms with van der Waals surface area (Å²) in [5.74, 6) is 0. The number of thiazole rings is 1. The van der Waals surface area contributed by atoms with Gasteiger partial charge in [-0.25, -0.2) is 9.99 Å². The number of rotatable bonds is 4. The van der Waals surface area contributed by atoms with Gasteiger partial charge in [-0.05, 0) is 30.0 Å². The molecule has 1 atom stereocenters. The van der Waals surface area contributed by atoms with E-state index in [1.807, 2.05) is 13.0 Å². The van der Waals surface area contributed by atoms with Gasteiger partial charge in [0.2, 0.25) is 5.13 Å². The first-order valence-electron chi connectivity index (χ1n) is 8.67. The van der Waals surface area contributed by atoms with Crippen LogP contribution in [0.4, 0.5) is 5.13 Å². The minimum atomic E-state index is 0.201. The van der Waals surface area contributed by atoms with Crippen LogP contribution in [0, 0.1) is 6.92 Å². The first-order valence-corrected chi connectivity index (χ1v) is 9.55. The number of hydrogen-bond donors (Lipinski definition) is 0. The summed E-state index contributed by atoms with van der Waals surface area (Å²) in [5, 5.41) is 10.1. The predicted molar refractivity (Wildman–Crippen MR) is 105 cm³/mol. The third-order valence-corrected chi connectivity index (χ3v) is 5.54. The second kappa shape index (κ2) is 6.81. The smallest absolute Gasteiger partial charge is 0.206 e. The first-order chi connectivity index (χ1) is 12.2. The van der Waals surface area contributed by atoms with Crippen LogP contribution in [0.3, 0.4) is 0 Å². The SMILES string of the molecule is CCc1ccc([C@H]2CC(c3ccccc3)=NN2c2nc(C)cs2)cc1. The Kier molecular flexibility index (Phi) is 4.36. The molecule has 4 rings (SSSR count). The van der Waals surface area contributed by atoms with Gasteiger partial charge in [-0.15, -0.1) is 11.3 Å². The van der Waals surface area contributed by atoms with Crippen molar-refractivity contribution in [2.45, 2.75) is 32.7 Å². The molecule has 0 saturated heterocycles. The van der Waals surface area contributed by atoms with E-state index in [4.69, 9.17) is 5.10 Å². The molecule has 3 aromatic rings. The molecule has 0 radical (unpaired) electrons. The molecule has 4 heteroatoms. The molecule has 1 aliphatic rings. The number of anilines is 1. The second-order valence-corrected chi connectivity index (χ2v) is 7.18. The zero-order chi connectivity index (χ0) is 17.2. The van der Waals surface area contributed by atoms with Crippen molar-refractivity contribution in [3.63, 3.8) is 0 Å². The Morgan fingerprint density at radius 1 is 1.08 bits per heavy atom. The van der Waals surface area contributed by atoms with Crippen molar-refractivity contribution in [1.29, 1.82) is 0 Å². The zero-order valence-electron chi connectivity index (χ0n) is 14.5. The highest BCUT2D eigenvalue weighted by molar-refractivity contribution is 7.13. The van der Waals surface area contributed by atoms with E-state index >= 15 is 0 Å². The van der Waals surface area contributed by atoms with E-state index in [-0.39, 0.29) is 6.04 Å². The van der Waals surface area contributed by atoms with E-state index < -0.39 is 0 Å². The molecule has 0 spiro atoms. The van der Waals surface area contributed by atoms with Crippen LogP contribution in [0.1, 0.15) is 41.8 Å². The third-order valence-electron chi connectivity index (χ3n) is 4.59. The maximum absolute atomic E-state index is 4.94. The van der Waals surface area contributed by atoms with E-state index in [1.165, 1.54) is 16.7 Å². The number of aryl methyl sites for hydroxylation is 2. The highest BCUT2D eigenvalue weighted by atomic mass is 32.1. The molecule has 1 aliphatic heterocycles. The molecule has 0 aliphatic carbocycles. The lowest BCUT2D eigenvalue weighted by Crippen LogP contribution is -2.18. The Labute approximate surface area is 152 Å². The fraction of sp³-hybridized carbons (Fsp3) is 0.238. The summed E-state index contributed by atoms with van der Waals surface area (Å²) in [4.78, 5) is 4.67. The van der Waals surface area contributed by atoms with Crippen LogP contribution >= 0.6 is 11.3 Å². The molecule has 2 heterocycles. The van der Waals surface area contributed by atoms with Crippen LogP contribution in [-0.4, -0.2) is 10.7 Å². The molecule has 126 valence electrons. The fourth-order valence-electron chi connectivity index (χ4n) is 3.17. The van der Waals surface area contributed by atoms with E-state index in [9.17, 15) is 0 Å². The van der Waals surface area contributed by atoms with Gasteiger partial charge in [-0.1, -0.05) is 61.5 Å². The van der Waals surface area contributed by atoms with Crippen molar-refractivity contribution < 1.29 is 0 Å². The molecule has 0 bridgehead atoms. The molecule has 25 heavy (non-hydrogen) atoms. The molecule has 0 amide bonds. The van der Waals surface area contributed by atoms with Gasteiger partial charge in [-0.3, -0.25) is 0 Å². The lowest BCUT2D eigenvalue weighted by atomic mass is 9.97. The Morgan fingerprint density at radius 2 is 1.84 bits per heavy atom. The number of benzene rings is 2. The van der Waals surface area contributed by atoms with Crippen molar-refractivity contribution in [1.82, 2.24) is 4.98 Å². The lowest BCUT2D eigenvalue weighted by molar-refractivity contribution is 0.705. The highest BCUT2D eigenvalue weighted by Gasteiger charge is 2.31. The summed E-state index contributed by atoms with van der Waals surface area (Å²) in [6.07, 6.45) is 1.96. The molecule has 2 aromatic carbocycles. The normalized spacial score (nSPS) is 17.0. The molecule has 3 nitrogen and oxygen atoms in total. The van der Waals surface area contributed by atoms with E-state index in [0.29, 0.717) is 0 Å². The summed E-state index contributed by atoms with van der Waals surface area (Å²) >= 11 is 1.66. The van der Waals surface area contributed by atoms with Gasteiger partial charge in [-0.2, -0.15) is 5.10 Å². The topological polar surface area (TPSA) is 28.5 Å². The molecular formula is C21H21N3S. The summed E-state index contributed by atoms with van der Waals surface area (Å²) < 4.78 is 0. The molecule has 0 unspecified atom stereocenters. The Bertz CT molecular complexity index is 881. The van der Waals surface area contributed by atoms with Crippen LogP contribution in [0.5, 0.6) is 0 Å². The average molecular weight is 347 g/mol. The maximum atomic E-state index is 4.94. The molecular weight excluding hydrogens is 326 g/mol. The van der Waals surface area contributed by atoms with Crippen molar-refractivity contribution in [3.8, 4) is 0 Å². The number of hydrogen-bond acceptors (Lipinski definition) is 4.